The Labute approximate surface area is 192 Å². The van der Waals surface area contributed by atoms with Gasteiger partial charge >= 0.3 is 5.69 Å². The second-order valence-corrected chi connectivity index (χ2v) is 7.53. The molecule has 0 N–H and O–H groups in total. The van der Waals surface area contributed by atoms with Crippen LogP contribution in [0.5, 0.6) is 5.75 Å². The topological polar surface area (TPSA) is 49.0 Å². The molecule has 4 aromatic carbocycles. The summed E-state index contributed by atoms with van der Waals surface area (Å²) in [6.07, 6.45) is 0. The van der Waals surface area contributed by atoms with Crippen LogP contribution in [0.25, 0.3) is 33.9 Å². The average molecular weight is 434 g/mol. The molecule has 0 saturated heterocycles. The molecule has 0 saturated carbocycles. The van der Waals surface area contributed by atoms with Gasteiger partial charge in [-0.1, -0.05) is 78.9 Å². The second kappa shape index (κ2) is 9.01. The average Bonchev–Trinajstić information content (AvgIpc) is 3.22. The van der Waals surface area contributed by atoms with E-state index in [2.05, 4.69) is 0 Å². The van der Waals surface area contributed by atoms with E-state index >= 15 is 0 Å². The van der Waals surface area contributed by atoms with Gasteiger partial charge in [0.15, 0.2) is 5.82 Å². The summed E-state index contributed by atoms with van der Waals surface area (Å²) < 4.78 is 8.83. The first-order chi connectivity index (χ1) is 16.3. The lowest BCUT2D eigenvalue weighted by atomic mass is 10.0. The van der Waals surface area contributed by atoms with Crippen LogP contribution < -0.4 is 10.4 Å². The molecule has 0 bridgehead atoms. The molecule has 5 aromatic rings. The molecule has 0 aliphatic carbocycles. The Morgan fingerprint density at radius 2 is 1.42 bits per heavy atom. The SMILES string of the molecule is CCOc1cccc(-c2ccccc2-n2nc(-c3ccccc3)n(-c3ccccc3)c2=O)c1. The lowest BCUT2D eigenvalue weighted by Crippen LogP contribution is -2.23. The summed E-state index contributed by atoms with van der Waals surface area (Å²) in [5.74, 6) is 1.38. The van der Waals surface area contributed by atoms with Crippen LogP contribution in [0.2, 0.25) is 0 Å². The summed E-state index contributed by atoms with van der Waals surface area (Å²) in [7, 11) is 0. The zero-order valence-corrected chi connectivity index (χ0v) is 18.3. The molecule has 0 radical (unpaired) electrons. The summed E-state index contributed by atoms with van der Waals surface area (Å²) in [5.41, 5.74) is 3.98. The predicted octanol–water partition coefficient (Wildman–Crippen LogP) is 5.76. The fraction of sp³-hybridized carbons (Fsp3) is 0.0714. The fourth-order valence-corrected chi connectivity index (χ4v) is 3.93. The van der Waals surface area contributed by atoms with E-state index in [9.17, 15) is 4.79 Å². The monoisotopic (exact) mass is 433 g/mol. The maximum atomic E-state index is 13.8. The summed E-state index contributed by atoms with van der Waals surface area (Å²) in [6, 6.07) is 35.0. The number of para-hydroxylation sites is 2. The first-order valence-electron chi connectivity index (χ1n) is 10.9. The van der Waals surface area contributed by atoms with Crippen molar-refractivity contribution in [2.45, 2.75) is 6.92 Å². The normalized spacial score (nSPS) is 10.8. The molecule has 5 heteroatoms. The van der Waals surface area contributed by atoms with Crippen molar-refractivity contribution in [3.63, 3.8) is 0 Å². The Hall–Kier alpha value is -4.38. The van der Waals surface area contributed by atoms with Crippen molar-refractivity contribution >= 4 is 0 Å². The summed E-state index contributed by atoms with van der Waals surface area (Å²) in [4.78, 5) is 13.8. The van der Waals surface area contributed by atoms with Gasteiger partial charge in [0.25, 0.3) is 0 Å². The van der Waals surface area contributed by atoms with E-state index in [0.29, 0.717) is 18.1 Å². The maximum Gasteiger partial charge on any atom is 0.355 e. The van der Waals surface area contributed by atoms with Gasteiger partial charge in [-0.2, -0.15) is 4.68 Å². The number of hydrogen-bond donors (Lipinski definition) is 0. The Morgan fingerprint density at radius 3 is 2.18 bits per heavy atom. The van der Waals surface area contributed by atoms with Gasteiger partial charge < -0.3 is 4.74 Å². The molecular formula is C28H23N3O2. The standard InChI is InChI=1S/C28H23N3O2/c1-2-33-24-17-11-14-22(20-24)25-18-9-10-19-26(25)31-28(32)30(23-15-7-4-8-16-23)27(29-31)21-12-5-3-6-13-21/h3-20H,2H2,1H3. The number of rotatable bonds is 6. The molecule has 0 spiro atoms. The van der Waals surface area contributed by atoms with Crippen LogP contribution in [0.3, 0.4) is 0 Å². The lowest BCUT2D eigenvalue weighted by molar-refractivity contribution is 0.340. The van der Waals surface area contributed by atoms with Crippen molar-refractivity contribution in [3.8, 4) is 39.6 Å². The third kappa shape index (κ3) is 3.96. The number of aromatic nitrogens is 3. The Kier molecular flexibility index (Phi) is 5.60. The zero-order valence-electron chi connectivity index (χ0n) is 18.3. The highest BCUT2D eigenvalue weighted by atomic mass is 16.5. The smallest absolute Gasteiger partial charge is 0.355 e. The molecule has 0 fully saturated rings. The molecule has 1 aromatic heterocycles. The molecule has 0 unspecified atom stereocenters. The van der Waals surface area contributed by atoms with Crippen LogP contribution in [0, 0.1) is 0 Å². The van der Waals surface area contributed by atoms with Gasteiger partial charge in [0.2, 0.25) is 0 Å². The van der Waals surface area contributed by atoms with Gasteiger partial charge in [0, 0.05) is 11.1 Å². The Morgan fingerprint density at radius 1 is 0.758 bits per heavy atom. The van der Waals surface area contributed by atoms with E-state index in [0.717, 1.165) is 28.1 Å². The number of ether oxygens (including phenoxy) is 1. The van der Waals surface area contributed by atoms with Crippen molar-refractivity contribution in [2.75, 3.05) is 6.61 Å². The largest absolute Gasteiger partial charge is 0.494 e. The van der Waals surface area contributed by atoms with Crippen molar-refractivity contribution in [1.82, 2.24) is 14.3 Å². The van der Waals surface area contributed by atoms with E-state index in [-0.39, 0.29) is 5.69 Å². The van der Waals surface area contributed by atoms with E-state index in [4.69, 9.17) is 9.84 Å². The molecule has 0 aliphatic heterocycles. The van der Waals surface area contributed by atoms with Crippen LogP contribution in [-0.4, -0.2) is 21.0 Å². The van der Waals surface area contributed by atoms with Crippen molar-refractivity contribution in [3.05, 3.63) is 120 Å². The molecule has 162 valence electrons. The third-order valence-electron chi connectivity index (χ3n) is 5.41. The van der Waals surface area contributed by atoms with Crippen molar-refractivity contribution in [2.24, 2.45) is 0 Å². The highest BCUT2D eigenvalue weighted by molar-refractivity contribution is 5.74. The number of nitrogens with zero attached hydrogens (tertiary/aromatic N) is 3. The van der Waals surface area contributed by atoms with E-state index < -0.39 is 0 Å². The quantitative estimate of drug-likeness (QED) is 0.342. The first-order valence-corrected chi connectivity index (χ1v) is 10.9. The number of hydrogen-bond acceptors (Lipinski definition) is 3. The molecule has 1 heterocycles. The van der Waals surface area contributed by atoms with E-state index in [1.165, 1.54) is 4.68 Å². The molecule has 0 amide bonds. The van der Waals surface area contributed by atoms with Crippen molar-refractivity contribution < 1.29 is 4.74 Å². The highest BCUT2D eigenvalue weighted by Gasteiger charge is 2.19. The van der Waals surface area contributed by atoms with Gasteiger partial charge in [-0.05, 0) is 42.8 Å². The lowest BCUT2D eigenvalue weighted by Gasteiger charge is -2.10. The zero-order chi connectivity index (χ0) is 22.6. The fourth-order valence-electron chi connectivity index (χ4n) is 3.93. The van der Waals surface area contributed by atoms with Gasteiger partial charge in [-0.15, -0.1) is 5.10 Å². The third-order valence-corrected chi connectivity index (χ3v) is 5.41. The van der Waals surface area contributed by atoms with Gasteiger partial charge in [-0.25, -0.2) is 9.36 Å². The molecule has 5 nitrogen and oxygen atoms in total. The molecule has 0 aliphatic rings. The number of benzene rings is 4. The second-order valence-electron chi connectivity index (χ2n) is 7.53. The molecule has 33 heavy (non-hydrogen) atoms. The summed E-state index contributed by atoms with van der Waals surface area (Å²) in [5, 5.41) is 4.81. The van der Waals surface area contributed by atoms with Crippen LogP contribution in [0.4, 0.5) is 0 Å². The van der Waals surface area contributed by atoms with Gasteiger partial charge in [0.05, 0.1) is 18.0 Å². The van der Waals surface area contributed by atoms with E-state index in [1.807, 2.05) is 116 Å². The molecule has 0 atom stereocenters. The van der Waals surface area contributed by atoms with Crippen LogP contribution in [0.1, 0.15) is 6.92 Å². The van der Waals surface area contributed by atoms with Crippen LogP contribution in [-0.2, 0) is 0 Å². The highest BCUT2D eigenvalue weighted by Crippen LogP contribution is 2.29. The van der Waals surface area contributed by atoms with Gasteiger partial charge in [-0.3, -0.25) is 0 Å². The predicted molar refractivity (Wildman–Crippen MR) is 131 cm³/mol. The minimum absolute atomic E-state index is 0.228. The van der Waals surface area contributed by atoms with Crippen LogP contribution in [0.15, 0.2) is 114 Å². The maximum absolute atomic E-state index is 13.8. The van der Waals surface area contributed by atoms with Crippen molar-refractivity contribution in [1.29, 1.82) is 0 Å². The molecule has 5 rings (SSSR count). The minimum atomic E-state index is -0.228. The van der Waals surface area contributed by atoms with E-state index in [1.54, 1.807) is 4.57 Å². The van der Waals surface area contributed by atoms with Crippen LogP contribution >= 0.6 is 0 Å². The first kappa shape index (κ1) is 20.5. The Bertz CT molecular complexity index is 1440. The summed E-state index contributed by atoms with van der Waals surface area (Å²) in [6.45, 7) is 2.55. The Balaban J connectivity index is 1.73. The summed E-state index contributed by atoms with van der Waals surface area (Å²) >= 11 is 0. The molecular weight excluding hydrogens is 410 g/mol. The van der Waals surface area contributed by atoms with Gasteiger partial charge in [0.1, 0.15) is 5.75 Å². The minimum Gasteiger partial charge on any atom is -0.494 e.